The van der Waals surface area contributed by atoms with E-state index in [-0.39, 0.29) is 11.5 Å². The van der Waals surface area contributed by atoms with Crippen molar-refractivity contribution >= 4 is 0 Å². The van der Waals surface area contributed by atoms with Gasteiger partial charge in [0.15, 0.2) is 11.5 Å². The number of hydrogen-bond acceptors (Lipinski definition) is 3. The highest BCUT2D eigenvalue weighted by atomic mass is 16.5. The molecule has 1 saturated carbocycles. The number of ether oxygens (including phenoxy) is 2. The lowest BCUT2D eigenvalue weighted by Crippen LogP contribution is -2.14. The first-order valence-corrected chi connectivity index (χ1v) is 5.86. The van der Waals surface area contributed by atoms with Gasteiger partial charge in [-0.2, -0.15) is 0 Å². The monoisotopic (exact) mass is 219 g/mol. The predicted octanol–water partition coefficient (Wildman–Crippen LogP) is 1.84. The van der Waals surface area contributed by atoms with Gasteiger partial charge in [0.1, 0.15) is 0 Å². The second-order valence-electron chi connectivity index (χ2n) is 4.94. The van der Waals surface area contributed by atoms with Crippen molar-refractivity contribution in [3.63, 3.8) is 0 Å². The molecule has 2 aliphatic rings. The first-order valence-electron chi connectivity index (χ1n) is 5.86. The summed E-state index contributed by atoms with van der Waals surface area (Å²) in [7, 11) is 0. The van der Waals surface area contributed by atoms with Gasteiger partial charge in [0, 0.05) is 17.9 Å². The Morgan fingerprint density at radius 2 is 1.94 bits per heavy atom. The number of benzene rings is 1. The van der Waals surface area contributed by atoms with E-state index in [9.17, 15) is 0 Å². The summed E-state index contributed by atoms with van der Waals surface area (Å²) in [6.45, 7) is 3.68. The molecule has 0 amide bonds. The molecule has 2 N–H and O–H groups in total. The fourth-order valence-electron chi connectivity index (χ4n) is 2.25. The van der Waals surface area contributed by atoms with Crippen LogP contribution in [0.5, 0.6) is 11.5 Å². The summed E-state index contributed by atoms with van der Waals surface area (Å²) < 4.78 is 11.3. The maximum Gasteiger partial charge on any atom is 0.161 e. The van der Waals surface area contributed by atoms with E-state index in [1.165, 1.54) is 5.56 Å². The Labute approximate surface area is 95.5 Å². The number of nitrogens with two attached hydrogens (primary N) is 1. The minimum absolute atomic E-state index is 0.144. The third-order valence-corrected chi connectivity index (χ3v) is 3.71. The first-order chi connectivity index (χ1) is 7.70. The molecular formula is C13H17NO2. The van der Waals surface area contributed by atoms with Gasteiger partial charge in [-0.1, -0.05) is 13.0 Å². The largest absolute Gasteiger partial charge is 0.490 e. The molecule has 2 atom stereocenters. The molecule has 0 saturated heterocycles. The van der Waals surface area contributed by atoms with E-state index in [0.717, 1.165) is 37.6 Å². The molecule has 1 aliphatic carbocycles. The summed E-state index contributed by atoms with van der Waals surface area (Å²) in [5.74, 6) is 1.73. The zero-order valence-electron chi connectivity index (χ0n) is 9.53. The van der Waals surface area contributed by atoms with Gasteiger partial charge >= 0.3 is 0 Å². The quantitative estimate of drug-likeness (QED) is 0.783. The summed E-state index contributed by atoms with van der Waals surface area (Å²) in [6.07, 6.45) is 2.01. The molecule has 2 unspecified atom stereocenters. The van der Waals surface area contributed by atoms with Gasteiger partial charge in [0.05, 0.1) is 13.2 Å². The predicted molar refractivity (Wildman–Crippen MR) is 62.0 cm³/mol. The zero-order chi connectivity index (χ0) is 11.2. The zero-order valence-corrected chi connectivity index (χ0v) is 9.53. The van der Waals surface area contributed by atoms with Gasteiger partial charge in [-0.3, -0.25) is 0 Å². The Kier molecular flexibility index (Phi) is 2.11. The fourth-order valence-corrected chi connectivity index (χ4v) is 2.25. The van der Waals surface area contributed by atoms with Crippen LogP contribution in [0.2, 0.25) is 0 Å². The lowest BCUT2D eigenvalue weighted by Gasteiger charge is -2.14. The molecule has 0 radical (unpaired) electrons. The second-order valence-corrected chi connectivity index (χ2v) is 4.94. The van der Waals surface area contributed by atoms with E-state index in [2.05, 4.69) is 19.1 Å². The highest BCUT2D eigenvalue weighted by Gasteiger charge is 2.49. The highest BCUT2D eigenvalue weighted by molar-refractivity contribution is 5.48. The maximum atomic E-state index is 5.97. The van der Waals surface area contributed by atoms with Crippen LogP contribution in [0.15, 0.2) is 18.2 Å². The van der Waals surface area contributed by atoms with E-state index in [1.807, 2.05) is 6.07 Å². The molecule has 16 heavy (non-hydrogen) atoms. The molecular weight excluding hydrogens is 202 g/mol. The highest BCUT2D eigenvalue weighted by Crippen LogP contribution is 2.48. The number of hydrogen-bond donors (Lipinski definition) is 1. The fraction of sp³-hybridized carbons (Fsp3) is 0.538. The molecule has 0 aromatic heterocycles. The van der Waals surface area contributed by atoms with Crippen LogP contribution >= 0.6 is 0 Å². The van der Waals surface area contributed by atoms with E-state index in [0.29, 0.717) is 0 Å². The molecule has 1 aromatic carbocycles. The van der Waals surface area contributed by atoms with Gasteiger partial charge in [-0.15, -0.1) is 0 Å². The van der Waals surface area contributed by atoms with Gasteiger partial charge in [-0.05, 0) is 24.1 Å². The third kappa shape index (κ3) is 1.47. The lowest BCUT2D eigenvalue weighted by molar-refractivity contribution is 0.297. The summed E-state index contributed by atoms with van der Waals surface area (Å²) >= 11 is 0. The van der Waals surface area contributed by atoms with E-state index in [1.54, 1.807) is 0 Å². The lowest BCUT2D eigenvalue weighted by atomic mass is 9.97. The normalized spacial score (nSPS) is 32.0. The third-order valence-electron chi connectivity index (χ3n) is 3.71. The summed E-state index contributed by atoms with van der Waals surface area (Å²) in [5.41, 5.74) is 7.38. The molecule has 1 aliphatic heterocycles. The summed E-state index contributed by atoms with van der Waals surface area (Å²) in [6, 6.07) is 6.50. The van der Waals surface area contributed by atoms with Crippen LogP contribution in [0.25, 0.3) is 0 Å². The molecule has 3 heteroatoms. The van der Waals surface area contributed by atoms with Gasteiger partial charge in [0.25, 0.3) is 0 Å². The van der Waals surface area contributed by atoms with E-state index >= 15 is 0 Å². The Balaban J connectivity index is 1.95. The minimum Gasteiger partial charge on any atom is -0.490 e. The Bertz CT molecular complexity index is 418. The average molecular weight is 219 g/mol. The topological polar surface area (TPSA) is 44.5 Å². The molecule has 1 aromatic rings. The second kappa shape index (κ2) is 3.39. The molecule has 3 nitrogen and oxygen atoms in total. The smallest absolute Gasteiger partial charge is 0.161 e. The van der Waals surface area contributed by atoms with Crippen LogP contribution < -0.4 is 15.2 Å². The van der Waals surface area contributed by atoms with Crippen molar-refractivity contribution in [3.05, 3.63) is 23.8 Å². The van der Waals surface area contributed by atoms with Crippen molar-refractivity contribution in [1.29, 1.82) is 0 Å². The molecule has 3 rings (SSSR count). The number of rotatable bonds is 1. The van der Waals surface area contributed by atoms with Crippen LogP contribution in [0.3, 0.4) is 0 Å². The van der Waals surface area contributed by atoms with Crippen LogP contribution in [0, 0.1) is 0 Å². The molecule has 0 spiro atoms. The van der Waals surface area contributed by atoms with Crippen LogP contribution in [0.1, 0.15) is 25.3 Å². The van der Waals surface area contributed by atoms with Crippen molar-refractivity contribution in [2.45, 2.75) is 31.2 Å². The van der Waals surface area contributed by atoms with Gasteiger partial charge in [-0.25, -0.2) is 0 Å². The summed E-state index contributed by atoms with van der Waals surface area (Å²) in [5, 5.41) is 0. The van der Waals surface area contributed by atoms with Gasteiger partial charge < -0.3 is 15.2 Å². The standard InChI is InChI=1S/C13H17NO2/c1-13(8-12(13)14)9-3-4-10-11(7-9)16-6-2-5-15-10/h3-4,7,12H,2,5-6,8,14H2,1H3. The SMILES string of the molecule is CC1(c2ccc3c(c2)OCCCO3)CC1N. The van der Waals surface area contributed by atoms with Crippen LogP contribution in [-0.4, -0.2) is 19.3 Å². The van der Waals surface area contributed by atoms with Crippen molar-refractivity contribution in [3.8, 4) is 11.5 Å². The number of fused-ring (bicyclic) bond motifs is 1. The van der Waals surface area contributed by atoms with Crippen molar-refractivity contribution in [2.24, 2.45) is 5.73 Å². The average Bonchev–Trinajstić information content (AvgIpc) is 2.95. The molecule has 1 fully saturated rings. The Hall–Kier alpha value is -1.22. The van der Waals surface area contributed by atoms with Crippen molar-refractivity contribution in [2.75, 3.05) is 13.2 Å². The van der Waals surface area contributed by atoms with Gasteiger partial charge in [0.2, 0.25) is 0 Å². The Morgan fingerprint density at radius 1 is 1.25 bits per heavy atom. The maximum absolute atomic E-state index is 5.97. The van der Waals surface area contributed by atoms with E-state index in [4.69, 9.17) is 15.2 Å². The van der Waals surface area contributed by atoms with E-state index < -0.39 is 0 Å². The molecule has 0 bridgehead atoms. The molecule has 86 valence electrons. The molecule has 1 heterocycles. The van der Waals surface area contributed by atoms with Crippen molar-refractivity contribution in [1.82, 2.24) is 0 Å². The minimum atomic E-state index is 0.144. The van der Waals surface area contributed by atoms with Crippen molar-refractivity contribution < 1.29 is 9.47 Å². The van der Waals surface area contributed by atoms with Crippen LogP contribution in [-0.2, 0) is 5.41 Å². The Morgan fingerprint density at radius 3 is 2.62 bits per heavy atom. The first kappa shape index (κ1) is 9.97. The van der Waals surface area contributed by atoms with Crippen LogP contribution in [0.4, 0.5) is 0 Å². The summed E-state index contributed by atoms with van der Waals surface area (Å²) in [4.78, 5) is 0.